The lowest BCUT2D eigenvalue weighted by molar-refractivity contribution is 0.714. The molecule has 14 heavy (non-hydrogen) atoms. The lowest BCUT2D eigenvalue weighted by atomic mass is 10.3. The molecule has 0 aliphatic rings. The molecule has 1 aromatic rings. The minimum atomic E-state index is 1.09. The van der Waals surface area contributed by atoms with Crippen molar-refractivity contribution < 1.29 is 0 Å². The Morgan fingerprint density at radius 1 is 1.50 bits per heavy atom. The minimum absolute atomic E-state index is 1.09. The average molecular weight is 275 g/mol. The molecule has 0 saturated heterocycles. The summed E-state index contributed by atoms with van der Waals surface area (Å²) in [7, 11) is 1.99. The molecule has 0 aliphatic carbocycles. The number of thioether (sulfide) groups is 1. The summed E-state index contributed by atoms with van der Waals surface area (Å²) in [4.78, 5) is 4.30. The number of pyridine rings is 1. The Kier molecular flexibility index (Phi) is 6.23. The lowest BCUT2D eigenvalue weighted by Gasteiger charge is -2.02. The van der Waals surface area contributed by atoms with Gasteiger partial charge in [-0.3, -0.25) is 0 Å². The SMILES string of the molecule is CNCCCCSc1ncccc1Br. The van der Waals surface area contributed by atoms with Crippen LogP contribution in [0.3, 0.4) is 0 Å². The van der Waals surface area contributed by atoms with Gasteiger partial charge in [0.15, 0.2) is 0 Å². The van der Waals surface area contributed by atoms with E-state index in [4.69, 9.17) is 0 Å². The smallest absolute Gasteiger partial charge is 0.110 e. The number of nitrogens with zero attached hydrogens (tertiary/aromatic N) is 1. The summed E-state index contributed by atoms with van der Waals surface area (Å²) in [6.07, 6.45) is 4.29. The second kappa shape index (κ2) is 7.26. The van der Waals surface area contributed by atoms with E-state index in [0.29, 0.717) is 0 Å². The Labute approximate surface area is 98.0 Å². The molecule has 1 aromatic heterocycles. The highest BCUT2D eigenvalue weighted by Gasteiger charge is 1.99. The number of aromatic nitrogens is 1. The van der Waals surface area contributed by atoms with Crippen LogP contribution in [0.1, 0.15) is 12.8 Å². The number of halogens is 1. The molecule has 0 saturated carbocycles. The van der Waals surface area contributed by atoms with Gasteiger partial charge >= 0.3 is 0 Å². The Bertz CT molecular complexity index is 268. The van der Waals surface area contributed by atoms with Gasteiger partial charge in [-0.25, -0.2) is 4.98 Å². The van der Waals surface area contributed by atoms with Gasteiger partial charge in [-0.2, -0.15) is 0 Å². The van der Waals surface area contributed by atoms with E-state index >= 15 is 0 Å². The molecule has 0 aromatic carbocycles. The van der Waals surface area contributed by atoms with E-state index in [-0.39, 0.29) is 0 Å². The maximum absolute atomic E-state index is 4.30. The molecule has 2 nitrogen and oxygen atoms in total. The molecule has 0 bridgehead atoms. The predicted octanol–water partition coefficient (Wildman–Crippen LogP) is 2.94. The van der Waals surface area contributed by atoms with E-state index < -0.39 is 0 Å². The lowest BCUT2D eigenvalue weighted by Crippen LogP contribution is -2.07. The topological polar surface area (TPSA) is 24.9 Å². The van der Waals surface area contributed by atoms with Crippen LogP contribution >= 0.6 is 27.7 Å². The number of rotatable bonds is 6. The number of hydrogen-bond donors (Lipinski definition) is 1. The summed E-state index contributed by atoms with van der Waals surface area (Å²) in [6, 6.07) is 3.97. The van der Waals surface area contributed by atoms with Crippen molar-refractivity contribution in [1.82, 2.24) is 10.3 Å². The van der Waals surface area contributed by atoms with Gasteiger partial charge in [-0.1, -0.05) is 0 Å². The summed E-state index contributed by atoms with van der Waals surface area (Å²) >= 11 is 5.30. The summed E-state index contributed by atoms with van der Waals surface area (Å²) in [6.45, 7) is 1.10. The average Bonchev–Trinajstić information content (AvgIpc) is 2.20. The molecule has 0 radical (unpaired) electrons. The maximum atomic E-state index is 4.30. The van der Waals surface area contributed by atoms with E-state index in [9.17, 15) is 0 Å². The van der Waals surface area contributed by atoms with Crippen LogP contribution in [0, 0.1) is 0 Å². The van der Waals surface area contributed by atoms with Crippen molar-refractivity contribution in [3.63, 3.8) is 0 Å². The van der Waals surface area contributed by atoms with Crippen LogP contribution in [0.15, 0.2) is 27.8 Å². The minimum Gasteiger partial charge on any atom is -0.320 e. The van der Waals surface area contributed by atoms with Crippen molar-refractivity contribution in [2.45, 2.75) is 17.9 Å². The van der Waals surface area contributed by atoms with Crippen molar-refractivity contribution in [2.24, 2.45) is 0 Å². The van der Waals surface area contributed by atoms with Gasteiger partial charge in [0.1, 0.15) is 5.03 Å². The Morgan fingerprint density at radius 2 is 2.36 bits per heavy atom. The highest BCUT2D eigenvalue weighted by molar-refractivity contribution is 9.10. The summed E-state index contributed by atoms with van der Waals surface area (Å²) in [5, 5.41) is 4.24. The van der Waals surface area contributed by atoms with Gasteiger partial charge in [0.05, 0.1) is 0 Å². The van der Waals surface area contributed by atoms with Crippen LogP contribution in [0.5, 0.6) is 0 Å². The molecule has 0 fully saturated rings. The molecule has 1 heterocycles. The molecule has 0 amide bonds. The van der Waals surface area contributed by atoms with Crippen LogP contribution in [-0.4, -0.2) is 24.3 Å². The first-order valence-corrected chi connectivity index (χ1v) is 6.50. The maximum Gasteiger partial charge on any atom is 0.110 e. The molecule has 0 spiro atoms. The van der Waals surface area contributed by atoms with E-state index in [0.717, 1.165) is 21.8 Å². The zero-order valence-corrected chi connectivity index (χ0v) is 10.7. The third kappa shape index (κ3) is 4.44. The van der Waals surface area contributed by atoms with Crippen LogP contribution in [-0.2, 0) is 0 Å². The molecule has 1 N–H and O–H groups in total. The van der Waals surface area contributed by atoms with Gasteiger partial charge in [-0.15, -0.1) is 11.8 Å². The molecule has 1 rings (SSSR count). The normalized spacial score (nSPS) is 10.4. The number of hydrogen-bond acceptors (Lipinski definition) is 3. The standard InChI is InChI=1S/C10H15BrN2S/c1-12-6-2-3-8-14-10-9(11)5-4-7-13-10/h4-5,7,12H,2-3,6,8H2,1H3. The van der Waals surface area contributed by atoms with Gasteiger partial charge in [0, 0.05) is 10.7 Å². The highest BCUT2D eigenvalue weighted by Crippen LogP contribution is 2.25. The highest BCUT2D eigenvalue weighted by atomic mass is 79.9. The summed E-state index contributed by atoms with van der Waals surface area (Å²) in [5.41, 5.74) is 0. The van der Waals surface area contributed by atoms with Crippen LogP contribution in [0.4, 0.5) is 0 Å². The molecular weight excluding hydrogens is 260 g/mol. The van der Waals surface area contributed by atoms with Gasteiger partial charge in [0.2, 0.25) is 0 Å². The molecule has 0 unspecified atom stereocenters. The largest absolute Gasteiger partial charge is 0.320 e. The van der Waals surface area contributed by atoms with Crippen LogP contribution < -0.4 is 5.32 Å². The first kappa shape index (κ1) is 12.0. The van der Waals surface area contributed by atoms with E-state index in [1.165, 1.54) is 12.8 Å². The monoisotopic (exact) mass is 274 g/mol. The fraction of sp³-hybridized carbons (Fsp3) is 0.500. The molecule has 4 heteroatoms. The Morgan fingerprint density at radius 3 is 3.07 bits per heavy atom. The third-order valence-corrected chi connectivity index (χ3v) is 3.78. The number of unbranched alkanes of at least 4 members (excludes halogenated alkanes) is 1. The zero-order valence-electron chi connectivity index (χ0n) is 8.29. The number of nitrogens with one attached hydrogen (secondary N) is 1. The molecule has 78 valence electrons. The quantitative estimate of drug-likeness (QED) is 0.638. The second-order valence-electron chi connectivity index (χ2n) is 2.95. The van der Waals surface area contributed by atoms with Crippen LogP contribution in [0.2, 0.25) is 0 Å². The molecular formula is C10H15BrN2S. The van der Waals surface area contributed by atoms with Crippen molar-refractivity contribution in [1.29, 1.82) is 0 Å². The van der Waals surface area contributed by atoms with E-state index in [2.05, 4.69) is 26.2 Å². The molecule has 0 aliphatic heterocycles. The first-order chi connectivity index (χ1) is 6.84. The fourth-order valence-corrected chi connectivity index (χ4v) is 2.53. The Balaban J connectivity index is 2.21. The van der Waals surface area contributed by atoms with E-state index in [1.807, 2.05) is 37.1 Å². The second-order valence-corrected chi connectivity index (χ2v) is 4.89. The van der Waals surface area contributed by atoms with Crippen LogP contribution in [0.25, 0.3) is 0 Å². The van der Waals surface area contributed by atoms with Gasteiger partial charge in [0.25, 0.3) is 0 Å². The summed E-state index contributed by atoms with van der Waals surface area (Å²) < 4.78 is 1.10. The van der Waals surface area contributed by atoms with Crippen molar-refractivity contribution >= 4 is 27.7 Å². The van der Waals surface area contributed by atoms with Crippen molar-refractivity contribution in [3.8, 4) is 0 Å². The van der Waals surface area contributed by atoms with E-state index in [1.54, 1.807) is 0 Å². The van der Waals surface area contributed by atoms with Crippen molar-refractivity contribution in [3.05, 3.63) is 22.8 Å². The van der Waals surface area contributed by atoms with Gasteiger partial charge in [-0.05, 0) is 60.2 Å². The van der Waals surface area contributed by atoms with Gasteiger partial charge < -0.3 is 5.32 Å². The fourth-order valence-electron chi connectivity index (χ4n) is 1.05. The predicted molar refractivity (Wildman–Crippen MR) is 65.8 cm³/mol. The Hall–Kier alpha value is -0.0600. The van der Waals surface area contributed by atoms with Crippen molar-refractivity contribution in [2.75, 3.05) is 19.3 Å². The zero-order chi connectivity index (χ0) is 10.2. The summed E-state index contributed by atoms with van der Waals surface area (Å²) in [5.74, 6) is 1.14. The first-order valence-electron chi connectivity index (χ1n) is 4.72. The third-order valence-electron chi connectivity index (χ3n) is 1.78. The molecule has 0 atom stereocenters.